The van der Waals surface area contributed by atoms with Gasteiger partial charge in [0.15, 0.2) is 12.4 Å². The molecule has 2 atom stereocenters. The Labute approximate surface area is 152 Å². The maximum Gasteiger partial charge on any atom is 0.169 e. The van der Waals surface area contributed by atoms with E-state index in [1.54, 1.807) is 0 Å². The predicted molar refractivity (Wildman–Crippen MR) is 106 cm³/mol. The van der Waals surface area contributed by atoms with Gasteiger partial charge in [-0.05, 0) is 31.1 Å². The Hall–Kier alpha value is -0.150. The molecule has 0 bridgehead atoms. The smallest absolute Gasteiger partial charge is 0.169 e. The zero-order chi connectivity index (χ0) is 16.3. The van der Waals surface area contributed by atoms with Crippen molar-refractivity contribution < 1.29 is 4.57 Å². The second-order valence-electron chi connectivity index (χ2n) is 6.62. The van der Waals surface area contributed by atoms with Crippen molar-refractivity contribution in [1.82, 2.24) is 0 Å². The van der Waals surface area contributed by atoms with E-state index < -0.39 is 0 Å². The molecule has 2 heterocycles. The lowest BCUT2D eigenvalue weighted by molar-refractivity contribution is -0.693. The van der Waals surface area contributed by atoms with Crippen molar-refractivity contribution in [3.8, 4) is 0 Å². The summed E-state index contributed by atoms with van der Waals surface area (Å²) in [7, 11) is 0. The van der Waals surface area contributed by atoms with Gasteiger partial charge in [0.05, 0.1) is 4.58 Å². The molecule has 1 aliphatic heterocycles. The molecule has 3 heteroatoms. The highest BCUT2D eigenvalue weighted by Crippen LogP contribution is 2.48. The average molecular weight is 353 g/mol. The molecule has 0 aromatic carbocycles. The Kier molecular flexibility index (Phi) is 9.52. The van der Waals surface area contributed by atoms with E-state index in [9.17, 15) is 0 Å². The third-order valence-corrected chi connectivity index (χ3v) is 7.87. The van der Waals surface area contributed by atoms with E-state index in [2.05, 4.69) is 66.5 Å². The minimum Gasteiger partial charge on any atom is -0.205 e. The molecule has 0 N–H and O–H groups in total. The van der Waals surface area contributed by atoms with Crippen molar-refractivity contribution in [3.63, 3.8) is 0 Å². The SMILES string of the molecule is CCCCCCCCCC1CCSC(c2cc[n+](CC)cc2)S1. The van der Waals surface area contributed by atoms with Gasteiger partial charge < -0.3 is 0 Å². The standard InChI is InChI=1S/C20H34NS2/c1-3-5-6-7-8-9-10-11-19-14-17-22-20(23-19)18-12-15-21(4-2)16-13-18/h12-13,15-16,19-20H,3-11,14,17H2,1-2H3/q+1. The van der Waals surface area contributed by atoms with Crippen LogP contribution >= 0.6 is 23.5 Å². The first kappa shape index (κ1) is 19.2. The van der Waals surface area contributed by atoms with Gasteiger partial charge in [-0.2, -0.15) is 0 Å². The number of aryl methyl sites for hydroxylation is 1. The number of unbranched alkanes of at least 4 members (excludes halogenated alkanes) is 6. The second-order valence-corrected chi connectivity index (χ2v) is 9.54. The molecule has 2 unspecified atom stereocenters. The molecule has 1 fully saturated rings. The van der Waals surface area contributed by atoms with Crippen molar-refractivity contribution in [3.05, 3.63) is 30.1 Å². The maximum atomic E-state index is 2.32. The third-order valence-electron chi connectivity index (χ3n) is 4.71. The lowest BCUT2D eigenvalue weighted by Crippen LogP contribution is -2.30. The van der Waals surface area contributed by atoms with Crippen LogP contribution in [0.4, 0.5) is 0 Å². The highest BCUT2D eigenvalue weighted by molar-refractivity contribution is 8.17. The summed E-state index contributed by atoms with van der Waals surface area (Å²) in [6, 6.07) is 4.65. The van der Waals surface area contributed by atoms with Gasteiger partial charge in [0.1, 0.15) is 6.54 Å². The van der Waals surface area contributed by atoms with Crippen LogP contribution in [0.25, 0.3) is 0 Å². The molecule has 1 aliphatic rings. The average Bonchev–Trinajstić information content (AvgIpc) is 2.61. The molecule has 23 heavy (non-hydrogen) atoms. The molecule has 2 rings (SSSR count). The topological polar surface area (TPSA) is 3.88 Å². The fourth-order valence-electron chi connectivity index (χ4n) is 3.14. The molecule has 130 valence electrons. The van der Waals surface area contributed by atoms with E-state index in [0.29, 0.717) is 4.58 Å². The summed E-state index contributed by atoms with van der Waals surface area (Å²) < 4.78 is 2.90. The third kappa shape index (κ3) is 7.09. The van der Waals surface area contributed by atoms with Crippen LogP contribution in [0.3, 0.4) is 0 Å². The van der Waals surface area contributed by atoms with Gasteiger partial charge in [-0.25, -0.2) is 4.57 Å². The first-order chi connectivity index (χ1) is 11.3. The molecule has 0 spiro atoms. The Morgan fingerprint density at radius 1 is 1.00 bits per heavy atom. The van der Waals surface area contributed by atoms with Crippen molar-refractivity contribution in [1.29, 1.82) is 0 Å². The molecular weight excluding hydrogens is 318 g/mol. The normalized spacial score (nSPS) is 21.5. The minimum absolute atomic E-state index is 0.657. The number of hydrogen-bond acceptors (Lipinski definition) is 2. The van der Waals surface area contributed by atoms with Crippen molar-refractivity contribution in [2.24, 2.45) is 0 Å². The molecule has 0 aliphatic carbocycles. The molecule has 1 saturated heterocycles. The summed E-state index contributed by atoms with van der Waals surface area (Å²) >= 11 is 4.36. The Bertz CT molecular complexity index is 418. The second kappa shape index (κ2) is 11.4. The van der Waals surface area contributed by atoms with E-state index in [0.717, 1.165) is 11.8 Å². The van der Waals surface area contributed by atoms with Gasteiger partial charge in [-0.15, -0.1) is 23.5 Å². The van der Waals surface area contributed by atoms with Crippen LogP contribution in [0.15, 0.2) is 24.5 Å². The van der Waals surface area contributed by atoms with Gasteiger partial charge in [0.2, 0.25) is 0 Å². The summed E-state index contributed by atoms with van der Waals surface area (Å²) in [5.74, 6) is 1.33. The summed E-state index contributed by atoms with van der Waals surface area (Å²) in [5.41, 5.74) is 1.51. The highest BCUT2D eigenvalue weighted by Gasteiger charge is 2.24. The van der Waals surface area contributed by atoms with E-state index >= 15 is 0 Å². The number of thioether (sulfide) groups is 2. The fourth-order valence-corrected chi connectivity index (χ4v) is 6.57. The van der Waals surface area contributed by atoms with Gasteiger partial charge in [-0.1, -0.05) is 51.9 Å². The Morgan fingerprint density at radius 3 is 2.39 bits per heavy atom. The van der Waals surface area contributed by atoms with Gasteiger partial charge in [0.25, 0.3) is 0 Å². The molecule has 1 aromatic rings. The Morgan fingerprint density at radius 2 is 1.70 bits per heavy atom. The molecule has 0 amide bonds. The summed E-state index contributed by atoms with van der Waals surface area (Å²) in [4.78, 5) is 0. The quantitative estimate of drug-likeness (QED) is 0.355. The predicted octanol–water partition coefficient (Wildman–Crippen LogP) is 6.37. The van der Waals surface area contributed by atoms with Gasteiger partial charge in [-0.3, -0.25) is 0 Å². The van der Waals surface area contributed by atoms with Crippen LogP contribution in [0.2, 0.25) is 0 Å². The highest BCUT2D eigenvalue weighted by atomic mass is 32.2. The minimum atomic E-state index is 0.657. The van der Waals surface area contributed by atoms with E-state index in [4.69, 9.17) is 0 Å². The van der Waals surface area contributed by atoms with E-state index in [1.165, 1.54) is 69.1 Å². The van der Waals surface area contributed by atoms with Crippen LogP contribution in [0.1, 0.15) is 81.8 Å². The van der Waals surface area contributed by atoms with Gasteiger partial charge in [0, 0.05) is 17.4 Å². The Balaban J connectivity index is 1.66. The zero-order valence-electron chi connectivity index (χ0n) is 15.0. The number of rotatable bonds is 10. The first-order valence-corrected chi connectivity index (χ1v) is 11.6. The first-order valence-electron chi connectivity index (χ1n) is 9.59. The lowest BCUT2D eigenvalue weighted by Gasteiger charge is -2.28. The number of hydrogen-bond donors (Lipinski definition) is 0. The molecule has 0 saturated carbocycles. The van der Waals surface area contributed by atoms with Crippen LogP contribution in [-0.2, 0) is 6.54 Å². The summed E-state index contributed by atoms with van der Waals surface area (Å²) in [5, 5.41) is 0.885. The van der Waals surface area contributed by atoms with Crippen molar-refractivity contribution >= 4 is 23.5 Å². The monoisotopic (exact) mass is 352 g/mol. The number of aromatic nitrogens is 1. The molecule has 1 nitrogen and oxygen atoms in total. The van der Waals surface area contributed by atoms with Crippen LogP contribution < -0.4 is 4.57 Å². The van der Waals surface area contributed by atoms with E-state index in [1.807, 2.05) is 0 Å². The summed E-state index contributed by atoms with van der Waals surface area (Å²) in [6.45, 7) is 5.55. The fraction of sp³-hybridized carbons (Fsp3) is 0.750. The summed E-state index contributed by atoms with van der Waals surface area (Å²) in [6.07, 6.45) is 17.3. The number of pyridine rings is 1. The maximum absolute atomic E-state index is 2.32. The van der Waals surface area contributed by atoms with E-state index in [-0.39, 0.29) is 0 Å². The zero-order valence-corrected chi connectivity index (χ0v) is 16.6. The van der Waals surface area contributed by atoms with Crippen LogP contribution in [0.5, 0.6) is 0 Å². The molecular formula is C20H34NS2+. The largest absolute Gasteiger partial charge is 0.205 e. The van der Waals surface area contributed by atoms with Crippen LogP contribution in [0, 0.1) is 0 Å². The van der Waals surface area contributed by atoms with Crippen molar-refractivity contribution in [2.45, 2.75) is 88.0 Å². The van der Waals surface area contributed by atoms with Gasteiger partial charge >= 0.3 is 0 Å². The molecule has 1 aromatic heterocycles. The van der Waals surface area contributed by atoms with Crippen molar-refractivity contribution in [2.75, 3.05) is 5.75 Å². The van der Waals surface area contributed by atoms with Crippen LogP contribution in [-0.4, -0.2) is 11.0 Å². The lowest BCUT2D eigenvalue weighted by atomic mass is 10.1. The molecule has 0 radical (unpaired) electrons. The number of nitrogens with zero attached hydrogens (tertiary/aromatic N) is 1.